The van der Waals surface area contributed by atoms with Gasteiger partial charge >= 0.3 is 0 Å². The molecule has 4 nitrogen and oxygen atoms in total. The fraction of sp³-hybridized carbons (Fsp3) is 0.562. The number of hydrogen-bond acceptors (Lipinski definition) is 3. The molecule has 0 radical (unpaired) electrons. The minimum Gasteiger partial charge on any atom is -0.373 e. The largest absolute Gasteiger partial charge is 0.373 e. The Hall–Kier alpha value is -0.910. The molecule has 3 atom stereocenters. The van der Waals surface area contributed by atoms with E-state index in [1.165, 1.54) is 0 Å². The third-order valence-corrected chi connectivity index (χ3v) is 4.41. The smallest absolute Gasteiger partial charge is 0.241 e. The topological polar surface area (TPSA) is 41.6 Å². The van der Waals surface area contributed by atoms with Gasteiger partial charge in [-0.05, 0) is 61.3 Å². The molecule has 1 N–H and O–H groups in total. The zero-order valence-corrected chi connectivity index (χ0v) is 14.6. The first-order valence-electron chi connectivity index (χ1n) is 7.33. The zero-order chi connectivity index (χ0) is 15.6. The van der Waals surface area contributed by atoms with Crippen LogP contribution in [-0.4, -0.2) is 42.1 Å². The SMILES string of the molecule is Cc1ccc(NC(=O)[C@H](C)N2C[C@@H](C)O[C@H](C)C2)c(Br)c1. The lowest BCUT2D eigenvalue weighted by Crippen LogP contribution is -2.52. The lowest BCUT2D eigenvalue weighted by Gasteiger charge is -2.38. The van der Waals surface area contributed by atoms with Crippen molar-refractivity contribution in [3.05, 3.63) is 28.2 Å². The van der Waals surface area contributed by atoms with E-state index in [-0.39, 0.29) is 24.2 Å². The van der Waals surface area contributed by atoms with Crippen molar-refractivity contribution in [2.75, 3.05) is 18.4 Å². The van der Waals surface area contributed by atoms with Crippen LogP contribution in [0.15, 0.2) is 22.7 Å². The van der Waals surface area contributed by atoms with E-state index in [4.69, 9.17) is 4.74 Å². The predicted molar refractivity (Wildman–Crippen MR) is 88.6 cm³/mol. The molecule has 2 rings (SSSR count). The van der Waals surface area contributed by atoms with E-state index in [9.17, 15) is 4.79 Å². The van der Waals surface area contributed by atoms with E-state index in [2.05, 4.69) is 26.1 Å². The molecule has 21 heavy (non-hydrogen) atoms. The molecule has 0 saturated carbocycles. The van der Waals surface area contributed by atoms with Gasteiger partial charge in [-0.25, -0.2) is 0 Å². The highest BCUT2D eigenvalue weighted by atomic mass is 79.9. The quantitative estimate of drug-likeness (QED) is 0.906. The van der Waals surface area contributed by atoms with Crippen LogP contribution in [-0.2, 0) is 9.53 Å². The summed E-state index contributed by atoms with van der Waals surface area (Å²) in [4.78, 5) is 14.6. The van der Waals surface area contributed by atoms with Crippen LogP contribution in [0.25, 0.3) is 0 Å². The molecule has 1 fully saturated rings. The number of benzene rings is 1. The molecule has 0 unspecified atom stereocenters. The molecule has 0 aliphatic carbocycles. The Morgan fingerprint density at radius 3 is 2.57 bits per heavy atom. The summed E-state index contributed by atoms with van der Waals surface area (Å²) in [5, 5.41) is 3.00. The lowest BCUT2D eigenvalue weighted by atomic mass is 10.1. The van der Waals surface area contributed by atoms with Crippen LogP contribution in [0, 0.1) is 6.92 Å². The van der Waals surface area contributed by atoms with Crippen LogP contribution < -0.4 is 5.32 Å². The van der Waals surface area contributed by atoms with Crippen molar-refractivity contribution >= 4 is 27.5 Å². The van der Waals surface area contributed by atoms with Gasteiger partial charge < -0.3 is 10.1 Å². The molecule has 0 bridgehead atoms. The van der Waals surface area contributed by atoms with Crippen molar-refractivity contribution in [3.8, 4) is 0 Å². The normalized spacial score (nSPS) is 24.6. The molecular weight excluding hydrogens is 332 g/mol. The highest BCUT2D eigenvalue weighted by molar-refractivity contribution is 9.10. The second-order valence-electron chi connectivity index (χ2n) is 5.86. The third kappa shape index (κ3) is 4.28. The number of aryl methyl sites for hydroxylation is 1. The highest BCUT2D eigenvalue weighted by Gasteiger charge is 2.29. The molecule has 5 heteroatoms. The molecule has 0 aromatic heterocycles. The minimum atomic E-state index is -0.174. The van der Waals surface area contributed by atoms with Gasteiger partial charge in [0.2, 0.25) is 5.91 Å². The summed E-state index contributed by atoms with van der Waals surface area (Å²) in [6, 6.07) is 5.74. The Bertz CT molecular complexity index is 511. The van der Waals surface area contributed by atoms with Crippen LogP contribution >= 0.6 is 15.9 Å². The number of halogens is 1. The molecule has 1 aromatic rings. The zero-order valence-electron chi connectivity index (χ0n) is 13.0. The molecule has 1 aromatic carbocycles. The van der Waals surface area contributed by atoms with Gasteiger partial charge in [-0.1, -0.05) is 6.07 Å². The van der Waals surface area contributed by atoms with Crippen molar-refractivity contribution in [1.29, 1.82) is 0 Å². The van der Waals surface area contributed by atoms with Gasteiger partial charge in [0.1, 0.15) is 0 Å². The Morgan fingerprint density at radius 2 is 2.00 bits per heavy atom. The number of rotatable bonds is 3. The predicted octanol–water partition coefficient (Wildman–Crippen LogP) is 3.19. The second kappa shape index (κ2) is 6.90. The van der Waals surface area contributed by atoms with Gasteiger partial charge in [0.15, 0.2) is 0 Å². The minimum absolute atomic E-state index is 0.0147. The van der Waals surface area contributed by atoms with Gasteiger partial charge in [0.25, 0.3) is 0 Å². The number of hydrogen-bond donors (Lipinski definition) is 1. The summed E-state index contributed by atoms with van der Waals surface area (Å²) in [6.07, 6.45) is 0.324. The first kappa shape index (κ1) is 16.5. The van der Waals surface area contributed by atoms with E-state index in [0.717, 1.165) is 28.8 Å². The van der Waals surface area contributed by atoms with Crippen LogP contribution in [0.2, 0.25) is 0 Å². The van der Waals surface area contributed by atoms with Crippen molar-refractivity contribution in [2.45, 2.75) is 45.9 Å². The number of carbonyl (C=O) groups excluding carboxylic acids is 1. The van der Waals surface area contributed by atoms with Crippen molar-refractivity contribution in [3.63, 3.8) is 0 Å². The van der Waals surface area contributed by atoms with E-state index >= 15 is 0 Å². The molecule has 0 spiro atoms. The maximum Gasteiger partial charge on any atom is 0.241 e. The second-order valence-corrected chi connectivity index (χ2v) is 6.71. The maximum atomic E-state index is 12.4. The Balaban J connectivity index is 2.02. The fourth-order valence-corrected chi connectivity index (χ4v) is 3.25. The van der Waals surface area contributed by atoms with Crippen molar-refractivity contribution < 1.29 is 9.53 Å². The molecule has 1 heterocycles. The molecule has 1 aliphatic heterocycles. The molecule has 1 amide bonds. The third-order valence-electron chi connectivity index (χ3n) is 3.76. The number of nitrogens with zero attached hydrogens (tertiary/aromatic N) is 1. The number of ether oxygens (including phenoxy) is 1. The van der Waals surface area contributed by atoms with Crippen LogP contribution in [0.5, 0.6) is 0 Å². The van der Waals surface area contributed by atoms with E-state index in [0.29, 0.717) is 0 Å². The van der Waals surface area contributed by atoms with Gasteiger partial charge in [-0.3, -0.25) is 9.69 Å². The fourth-order valence-electron chi connectivity index (χ4n) is 2.66. The lowest BCUT2D eigenvalue weighted by molar-refractivity contribution is -0.126. The summed E-state index contributed by atoms with van der Waals surface area (Å²) in [5.74, 6) is 0.0147. The maximum absolute atomic E-state index is 12.4. The van der Waals surface area contributed by atoms with Gasteiger partial charge in [-0.15, -0.1) is 0 Å². The van der Waals surface area contributed by atoms with Crippen LogP contribution in [0.3, 0.4) is 0 Å². The number of nitrogens with one attached hydrogen (secondary N) is 1. The van der Waals surface area contributed by atoms with Crippen molar-refractivity contribution in [2.24, 2.45) is 0 Å². The van der Waals surface area contributed by atoms with Crippen LogP contribution in [0.1, 0.15) is 26.3 Å². The summed E-state index contributed by atoms with van der Waals surface area (Å²) >= 11 is 3.49. The molecule has 1 saturated heterocycles. The number of amides is 1. The molecule has 116 valence electrons. The summed E-state index contributed by atoms with van der Waals surface area (Å²) < 4.78 is 6.63. The standard InChI is InChI=1S/C16H23BrN2O2/c1-10-5-6-15(14(17)7-10)18-16(20)13(4)19-8-11(2)21-12(3)9-19/h5-7,11-13H,8-9H2,1-4H3,(H,18,20)/t11-,12-,13+/m1/s1. The van der Waals surface area contributed by atoms with Crippen molar-refractivity contribution in [1.82, 2.24) is 4.90 Å². The van der Waals surface area contributed by atoms with Gasteiger partial charge in [-0.2, -0.15) is 0 Å². The number of morpholine rings is 1. The summed E-state index contributed by atoms with van der Waals surface area (Å²) in [7, 11) is 0. The monoisotopic (exact) mass is 354 g/mol. The Kier molecular flexibility index (Phi) is 5.41. The summed E-state index contributed by atoms with van der Waals surface area (Å²) in [5.41, 5.74) is 1.97. The Morgan fingerprint density at radius 1 is 1.38 bits per heavy atom. The molecule has 1 aliphatic rings. The van der Waals surface area contributed by atoms with Gasteiger partial charge in [0, 0.05) is 17.6 Å². The number of anilines is 1. The average molecular weight is 355 g/mol. The first-order chi connectivity index (χ1) is 9.86. The van der Waals surface area contributed by atoms with E-state index in [1.54, 1.807) is 0 Å². The first-order valence-corrected chi connectivity index (χ1v) is 8.12. The van der Waals surface area contributed by atoms with Gasteiger partial charge in [0.05, 0.1) is 23.9 Å². The molecular formula is C16H23BrN2O2. The summed E-state index contributed by atoms with van der Waals surface area (Å²) in [6.45, 7) is 9.63. The van der Waals surface area contributed by atoms with E-state index < -0.39 is 0 Å². The van der Waals surface area contributed by atoms with Crippen LogP contribution in [0.4, 0.5) is 5.69 Å². The van der Waals surface area contributed by atoms with E-state index in [1.807, 2.05) is 45.9 Å². The number of carbonyl (C=O) groups is 1. The Labute approximate surface area is 135 Å². The average Bonchev–Trinajstić information content (AvgIpc) is 2.40. The highest BCUT2D eigenvalue weighted by Crippen LogP contribution is 2.24.